The second-order valence-corrected chi connectivity index (χ2v) is 23.3. The van der Waals surface area contributed by atoms with Gasteiger partial charge in [-0.15, -0.1) is 0 Å². The van der Waals surface area contributed by atoms with Crippen molar-refractivity contribution in [3.05, 3.63) is 95.6 Å². The molecule has 1 saturated carbocycles. The predicted molar refractivity (Wildman–Crippen MR) is 221 cm³/mol. The third-order valence-electron chi connectivity index (χ3n) is 13.0. The van der Waals surface area contributed by atoms with E-state index in [9.17, 15) is 0 Å². The fraction of sp³-hybridized carbons (Fsp3) is 0.532. The van der Waals surface area contributed by atoms with Gasteiger partial charge in [0.1, 0.15) is 8.24 Å². The summed E-state index contributed by atoms with van der Waals surface area (Å²) in [6, 6.07) is 25.5. The average molecular weight is 685 g/mol. The van der Waals surface area contributed by atoms with E-state index in [0.717, 1.165) is 11.5 Å². The lowest BCUT2D eigenvalue weighted by Gasteiger charge is -2.57. The molecule has 3 aromatic carbocycles. The minimum Gasteiger partial charge on any atom is -0.314 e. The number of allylic oxidation sites excluding steroid dienone is 4. The highest BCUT2D eigenvalue weighted by molar-refractivity contribution is 6.76. The second-order valence-electron chi connectivity index (χ2n) is 18.9. The van der Waals surface area contributed by atoms with Gasteiger partial charge in [0.2, 0.25) is 0 Å². The van der Waals surface area contributed by atoms with Gasteiger partial charge in [0.15, 0.2) is 0 Å². The van der Waals surface area contributed by atoms with Crippen molar-refractivity contribution in [2.24, 2.45) is 17.8 Å². The summed E-state index contributed by atoms with van der Waals surface area (Å²) in [6.07, 6.45) is 14.5. The molecule has 3 aliphatic carbocycles. The molecule has 1 heterocycles. The van der Waals surface area contributed by atoms with Gasteiger partial charge in [0.25, 0.3) is 0 Å². The second kappa shape index (κ2) is 12.7. The number of hydrogen-bond donors (Lipinski definition) is 0. The van der Waals surface area contributed by atoms with E-state index >= 15 is 0 Å². The molecule has 0 saturated heterocycles. The van der Waals surface area contributed by atoms with E-state index in [1.807, 2.05) is 0 Å². The highest BCUT2D eigenvalue weighted by atomic mass is 28.3. The number of benzene rings is 3. The molecule has 0 bridgehead atoms. The van der Waals surface area contributed by atoms with Crippen LogP contribution in [0.5, 0.6) is 0 Å². The molecule has 0 aliphatic heterocycles. The van der Waals surface area contributed by atoms with Gasteiger partial charge in [-0.05, 0) is 131 Å². The van der Waals surface area contributed by atoms with Crippen LogP contribution < -0.4 is 0 Å². The zero-order chi connectivity index (χ0) is 35.8. The smallest absolute Gasteiger partial charge is 0.127 e. The molecule has 3 aliphatic rings. The van der Waals surface area contributed by atoms with E-state index in [0.29, 0.717) is 11.8 Å². The third kappa shape index (κ3) is 5.52. The summed E-state index contributed by atoms with van der Waals surface area (Å²) >= 11 is 0. The maximum absolute atomic E-state index is 3.00. The Morgan fingerprint density at radius 1 is 0.780 bits per heavy atom. The van der Waals surface area contributed by atoms with Crippen molar-refractivity contribution in [1.29, 1.82) is 0 Å². The average Bonchev–Trinajstić information content (AvgIpc) is 3.65. The number of unbranched alkanes of at least 4 members (excludes halogenated alkanes) is 2. The Kier molecular flexibility index (Phi) is 8.99. The molecule has 50 heavy (non-hydrogen) atoms. The number of fused-ring (bicyclic) bond motifs is 7. The molecule has 7 rings (SSSR count). The van der Waals surface area contributed by atoms with Crippen LogP contribution in [0.25, 0.3) is 33.1 Å². The minimum absolute atomic E-state index is 0.0722. The Hall–Kier alpha value is -2.88. The summed E-state index contributed by atoms with van der Waals surface area (Å²) in [7, 11) is -1.90. The molecule has 4 unspecified atom stereocenters. The van der Waals surface area contributed by atoms with Crippen LogP contribution >= 0.6 is 0 Å². The van der Waals surface area contributed by atoms with Crippen molar-refractivity contribution < 1.29 is 0 Å². The Morgan fingerprint density at radius 3 is 1.88 bits per heavy atom. The first-order chi connectivity index (χ1) is 23.6. The van der Waals surface area contributed by atoms with Gasteiger partial charge in [-0.25, -0.2) is 0 Å². The SMILES string of the molecule is CCCCC1(CCCC)C2=CC3C(C=C2c2ccc(-n4c5ccccc5c5ccccc54)cc21)CC(C)C3[Si](C)(C)N(C(C)(C)C)C(C)(C)C. The minimum atomic E-state index is -1.90. The van der Waals surface area contributed by atoms with Gasteiger partial charge >= 0.3 is 0 Å². The Bertz CT molecular complexity index is 1880. The van der Waals surface area contributed by atoms with E-state index in [4.69, 9.17) is 0 Å². The van der Waals surface area contributed by atoms with Crippen molar-refractivity contribution in [3.8, 4) is 5.69 Å². The van der Waals surface area contributed by atoms with Crippen molar-refractivity contribution in [2.45, 2.75) is 142 Å². The Balaban J connectivity index is 1.42. The lowest BCUT2D eigenvalue weighted by atomic mass is 9.68. The van der Waals surface area contributed by atoms with Crippen LogP contribution in [0, 0.1) is 17.8 Å². The van der Waals surface area contributed by atoms with Crippen molar-refractivity contribution in [3.63, 3.8) is 0 Å². The highest BCUT2D eigenvalue weighted by Crippen LogP contribution is 2.63. The van der Waals surface area contributed by atoms with Crippen LogP contribution in [-0.4, -0.2) is 28.4 Å². The van der Waals surface area contributed by atoms with E-state index in [1.54, 1.807) is 16.7 Å². The first-order valence-corrected chi connectivity index (χ1v) is 23.1. The van der Waals surface area contributed by atoms with Gasteiger partial charge in [-0.3, -0.25) is 0 Å². The van der Waals surface area contributed by atoms with E-state index in [1.165, 1.54) is 78.0 Å². The molecule has 266 valence electrons. The fourth-order valence-electron chi connectivity index (χ4n) is 12.3. The monoisotopic (exact) mass is 684 g/mol. The maximum Gasteiger partial charge on any atom is 0.127 e. The van der Waals surface area contributed by atoms with Crippen LogP contribution in [0.3, 0.4) is 0 Å². The molecule has 4 atom stereocenters. The van der Waals surface area contributed by atoms with Crippen LogP contribution in [0.15, 0.2) is 84.5 Å². The number of rotatable bonds is 9. The van der Waals surface area contributed by atoms with E-state index in [2.05, 4.69) is 163 Å². The molecule has 0 radical (unpaired) electrons. The third-order valence-corrected chi connectivity index (χ3v) is 18.1. The fourth-order valence-corrected chi connectivity index (χ4v) is 18.9. The number of para-hydroxylation sites is 2. The maximum atomic E-state index is 3.00. The van der Waals surface area contributed by atoms with Crippen LogP contribution in [0.2, 0.25) is 18.6 Å². The van der Waals surface area contributed by atoms with Crippen molar-refractivity contribution >= 4 is 35.6 Å². The summed E-state index contributed by atoms with van der Waals surface area (Å²) < 4.78 is 5.53. The molecule has 0 amide bonds. The first-order valence-electron chi connectivity index (χ1n) is 20.0. The van der Waals surface area contributed by atoms with Gasteiger partial charge in [-0.2, -0.15) is 0 Å². The van der Waals surface area contributed by atoms with E-state index < -0.39 is 8.24 Å². The summed E-state index contributed by atoms with van der Waals surface area (Å²) in [5.41, 5.74) is 11.4. The largest absolute Gasteiger partial charge is 0.314 e. The molecular weight excluding hydrogens is 621 g/mol. The Morgan fingerprint density at radius 2 is 1.34 bits per heavy atom. The highest BCUT2D eigenvalue weighted by Gasteiger charge is 2.57. The molecule has 0 N–H and O–H groups in total. The van der Waals surface area contributed by atoms with Crippen LogP contribution in [0.1, 0.15) is 118 Å². The lowest BCUT2D eigenvalue weighted by Crippen LogP contribution is -2.67. The quantitative estimate of drug-likeness (QED) is 0.159. The normalized spacial score (nSPS) is 23.3. The molecular formula is C47H64N2Si. The van der Waals surface area contributed by atoms with Crippen LogP contribution in [0.4, 0.5) is 0 Å². The van der Waals surface area contributed by atoms with Gasteiger partial charge in [0, 0.05) is 33.0 Å². The van der Waals surface area contributed by atoms with Gasteiger partial charge < -0.3 is 9.13 Å². The van der Waals surface area contributed by atoms with E-state index in [-0.39, 0.29) is 16.5 Å². The number of hydrogen-bond acceptors (Lipinski definition) is 1. The molecule has 0 spiro atoms. The summed E-state index contributed by atoms with van der Waals surface area (Å²) in [6.45, 7) is 27.6. The zero-order valence-corrected chi connectivity index (χ0v) is 34.2. The van der Waals surface area contributed by atoms with Gasteiger partial charge in [-0.1, -0.05) is 114 Å². The first kappa shape index (κ1) is 35.5. The lowest BCUT2D eigenvalue weighted by molar-refractivity contribution is 0.121. The predicted octanol–water partition coefficient (Wildman–Crippen LogP) is 13.5. The van der Waals surface area contributed by atoms with Crippen molar-refractivity contribution in [1.82, 2.24) is 9.13 Å². The van der Waals surface area contributed by atoms with Crippen LogP contribution in [-0.2, 0) is 5.41 Å². The molecule has 2 nitrogen and oxygen atoms in total. The standard InChI is InChI=1S/C47H64N2Si/c1-12-14-26-47(27-15-13-2)40-30-34(48-42-22-18-16-20-36(42)37-21-17-19-23-43(37)48)24-25-35(40)39-29-33-28-32(3)44(38(33)31-41(39)47)50(10,11)49(45(4,5)6)46(7,8)9/h16-25,29-33,38,44H,12-15,26-28H2,1-11H3. The summed E-state index contributed by atoms with van der Waals surface area (Å²) in [5.74, 6) is 1.97. The molecule has 3 heteroatoms. The van der Waals surface area contributed by atoms with Crippen molar-refractivity contribution in [2.75, 3.05) is 0 Å². The number of nitrogens with zero attached hydrogens (tertiary/aromatic N) is 2. The topological polar surface area (TPSA) is 8.17 Å². The molecule has 1 fully saturated rings. The molecule has 1 aromatic heterocycles. The number of aromatic nitrogens is 1. The zero-order valence-electron chi connectivity index (χ0n) is 33.2. The van der Waals surface area contributed by atoms with Gasteiger partial charge in [0.05, 0.1) is 11.0 Å². The summed E-state index contributed by atoms with van der Waals surface area (Å²) in [4.78, 5) is 0. The molecule has 4 aromatic rings. The summed E-state index contributed by atoms with van der Waals surface area (Å²) in [5, 5.41) is 2.68. The Labute approximate surface area is 305 Å².